The number of aryl methyl sites for hydroxylation is 1. The van der Waals surface area contributed by atoms with E-state index in [1.807, 2.05) is 36.4 Å². The monoisotopic (exact) mass is 407 g/mol. The van der Waals surface area contributed by atoms with Crippen molar-refractivity contribution in [3.63, 3.8) is 0 Å². The molecule has 1 heterocycles. The lowest BCUT2D eigenvalue weighted by Gasteiger charge is -2.10. The second-order valence-corrected chi connectivity index (χ2v) is 7.01. The fourth-order valence-electron chi connectivity index (χ4n) is 3.12. The average molecular weight is 408 g/mol. The number of phenols is 1. The van der Waals surface area contributed by atoms with Gasteiger partial charge < -0.3 is 9.84 Å². The Balaban J connectivity index is 1.64. The molecule has 0 fully saturated rings. The number of esters is 1. The average Bonchev–Trinajstić information content (AvgIpc) is 3.15. The maximum atomic E-state index is 11.3. The summed E-state index contributed by atoms with van der Waals surface area (Å²) in [7, 11) is 1.38. The minimum atomic E-state index is -0.236. The first-order valence-electron chi connectivity index (χ1n) is 9.06. The van der Waals surface area contributed by atoms with Gasteiger partial charge in [0.05, 0.1) is 7.11 Å². The van der Waals surface area contributed by atoms with E-state index in [1.165, 1.54) is 11.9 Å². The molecule has 4 aromatic rings. The minimum absolute atomic E-state index is 0.0845. The smallest absolute Gasteiger partial charge is 0.305 e. The topological polar surface area (TPSA) is 77.2 Å². The zero-order valence-electron chi connectivity index (χ0n) is 15.7. The first-order valence-corrected chi connectivity index (χ1v) is 9.44. The van der Waals surface area contributed by atoms with E-state index in [0.717, 1.165) is 11.1 Å². The number of rotatable bonds is 5. The zero-order chi connectivity index (χ0) is 20.4. The Kier molecular flexibility index (Phi) is 5.18. The van der Waals surface area contributed by atoms with Crippen LogP contribution in [0.25, 0.3) is 27.8 Å². The highest BCUT2D eigenvalue weighted by atomic mass is 35.5. The van der Waals surface area contributed by atoms with Gasteiger partial charge in [0.15, 0.2) is 5.75 Å². The van der Waals surface area contributed by atoms with Crippen molar-refractivity contribution in [2.24, 2.45) is 0 Å². The van der Waals surface area contributed by atoms with Crippen LogP contribution in [0.15, 0.2) is 60.7 Å². The fourth-order valence-corrected chi connectivity index (χ4v) is 3.29. The maximum Gasteiger partial charge on any atom is 0.305 e. The van der Waals surface area contributed by atoms with E-state index >= 15 is 0 Å². The summed E-state index contributed by atoms with van der Waals surface area (Å²) in [5.41, 5.74) is 4.36. The Morgan fingerprint density at radius 1 is 1.07 bits per heavy atom. The molecule has 0 amide bonds. The first kappa shape index (κ1) is 19.0. The number of aromatic nitrogens is 3. The molecule has 0 aliphatic heterocycles. The van der Waals surface area contributed by atoms with E-state index in [0.29, 0.717) is 40.1 Å². The fraction of sp³-hybridized carbons (Fsp3) is 0.136. The van der Waals surface area contributed by atoms with Crippen molar-refractivity contribution in [3.05, 3.63) is 71.2 Å². The van der Waals surface area contributed by atoms with Crippen LogP contribution in [-0.4, -0.2) is 33.2 Å². The van der Waals surface area contributed by atoms with Crippen LogP contribution in [0.5, 0.6) is 5.75 Å². The number of fused-ring (bicyclic) bond motifs is 1. The van der Waals surface area contributed by atoms with Gasteiger partial charge in [-0.15, -0.1) is 15.0 Å². The van der Waals surface area contributed by atoms with Crippen molar-refractivity contribution < 1.29 is 14.6 Å². The summed E-state index contributed by atoms with van der Waals surface area (Å²) in [6.07, 6.45) is 0.935. The van der Waals surface area contributed by atoms with Gasteiger partial charge in [-0.2, -0.15) is 0 Å². The minimum Gasteiger partial charge on any atom is -0.505 e. The molecule has 0 aliphatic carbocycles. The third kappa shape index (κ3) is 3.93. The molecule has 0 bridgehead atoms. The standard InChI is InChI=1S/C22H18ClN3O3/c1-29-21(27)12-7-14-5-8-15(9-6-14)17-3-2-4-20(22(17)28)26-24-18-11-10-16(23)13-19(18)25-26/h2-6,8-11,13,28H,7,12H2,1H3. The molecule has 4 rings (SSSR count). The highest BCUT2D eigenvalue weighted by molar-refractivity contribution is 6.31. The maximum absolute atomic E-state index is 11.3. The molecule has 6 nitrogen and oxygen atoms in total. The lowest BCUT2D eigenvalue weighted by Crippen LogP contribution is -2.01. The number of carbonyl (C=O) groups excluding carboxylic acids is 1. The van der Waals surface area contributed by atoms with E-state index in [1.54, 1.807) is 24.3 Å². The number of para-hydroxylation sites is 1. The summed E-state index contributed by atoms with van der Waals surface area (Å²) < 4.78 is 4.67. The van der Waals surface area contributed by atoms with E-state index in [-0.39, 0.29) is 11.7 Å². The van der Waals surface area contributed by atoms with Crippen molar-refractivity contribution in [2.45, 2.75) is 12.8 Å². The quantitative estimate of drug-likeness (QED) is 0.491. The van der Waals surface area contributed by atoms with Crippen LogP contribution in [0.2, 0.25) is 5.02 Å². The molecule has 0 radical (unpaired) electrons. The number of ether oxygens (including phenoxy) is 1. The molecule has 1 aromatic heterocycles. The summed E-state index contributed by atoms with van der Waals surface area (Å²) in [6.45, 7) is 0. The van der Waals surface area contributed by atoms with Crippen molar-refractivity contribution in [1.29, 1.82) is 0 Å². The molecule has 0 aliphatic rings. The molecular weight excluding hydrogens is 390 g/mol. The number of phenolic OH excluding ortho intramolecular Hbond substituents is 1. The van der Waals surface area contributed by atoms with E-state index in [2.05, 4.69) is 14.9 Å². The Bertz CT molecular complexity index is 1190. The molecule has 29 heavy (non-hydrogen) atoms. The van der Waals surface area contributed by atoms with Crippen molar-refractivity contribution >= 4 is 28.6 Å². The molecule has 3 aromatic carbocycles. The van der Waals surface area contributed by atoms with Gasteiger partial charge in [-0.3, -0.25) is 4.79 Å². The van der Waals surface area contributed by atoms with Gasteiger partial charge in [0, 0.05) is 17.0 Å². The molecule has 0 spiro atoms. The number of benzene rings is 3. The van der Waals surface area contributed by atoms with Gasteiger partial charge in [-0.05, 0) is 41.8 Å². The van der Waals surface area contributed by atoms with Gasteiger partial charge in [0.2, 0.25) is 0 Å². The van der Waals surface area contributed by atoms with E-state index in [4.69, 9.17) is 11.6 Å². The lowest BCUT2D eigenvalue weighted by atomic mass is 10.0. The third-order valence-corrected chi connectivity index (χ3v) is 4.92. The van der Waals surface area contributed by atoms with Crippen LogP contribution in [0.3, 0.4) is 0 Å². The zero-order valence-corrected chi connectivity index (χ0v) is 16.4. The Hall–Kier alpha value is -3.38. The van der Waals surface area contributed by atoms with Gasteiger partial charge in [-0.25, -0.2) is 0 Å². The predicted octanol–water partition coefficient (Wildman–Crippen LogP) is 4.55. The van der Waals surface area contributed by atoms with Crippen LogP contribution in [0, 0.1) is 0 Å². The summed E-state index contributed by atoms with van der Waals surface area (Å²) in [6, 6.07) is 18.4. The highest BCUT2D eigenvalue weighted by Crippen LogP contribution is 2.34. The molecule has 0 saturated heterocycles. The number of hydrogen-bond donors (Lipinski definition) is 1. The Labute approximate surface area is 172 Å². The predicted molar refractivity (Wildman–Crippen MR) is 111 cm³/mol. The molecular formula is C22H18ClN3O3. The molecule has 1 N–H and O–H groups in total. The second-order valence-electron chi connectivity index (χ2n) is 6.57. The SMILES string of the molecule is COC(=O)CCc1ccc(-c2cccc(-n3nc4ccc(Cl)cc4n3)c2O)cc1. The molecule has 146 valence electrons. The number of nitrogens with zero attached hydrogens (tertiary/aromatic N) is 3. The van der Waals surface area contributed by atoms with Gasteiger partial charge in [0.1, 0.15) is 16.7 Å². The van der Waals surface area contributed by atoms with Crippen LogP contribution in [-0.2, 0) is 16.0 Å². The van der Waals surface area contributed by atoms with Gasteiger partial charge in [0.25, 0.3) is 0 Å². The van der Waals surface area contributed by atoms with Crippen LogP contribution in [0.1, 0.15) is 12.0 Å². The summed E-state index contributed by atoms with van der Waals surface area (Å²) in [5.74, 6) is -0.152. The van der Waals surface area contributed by atoms with Gasteiger partial charge in [-0.1, -0.05) is 48.0 Å². The lowest BCUT2D eigenvalue weighted by molar-refractivity contribution is -0.140. The van der Waals surface area contributed by atoms with Crippen LogP contribution in [0.4, 0.5) is 0 Å². The van der Waals surface area contributed by atoms with E-state index in [9.17, 15) is 9.90 Å². The molecule has 0 unspecified atom stereocenters. The summed E-state index contributed by atoms with van der Waals surface area (Å²) >= 11 is 6.02. The third-order valence-electron chi connectivity index (χ3n) is 4.68. The normalized spacial score (nSPS) is 11.0. The number of aromatic hydroxyl groups is 1. The molecule has 7 heteroatoms. The number of methoxy groups -OCH3 is 1. The molecule has 0 atom stereocenters. The largest absolute Gasteiger partial charge is 0.505 e. The van der Waals surface area contributed by atoms with Gasteiger partial charge >= 0.3 is 5.97 Å². The second kappa shape index (κ2) is 7.93. The first-order chi connectivity index (χ1) is 14.0. The number of halogens is 1. The van der Waals surface area contributed by atoms with Crippen molar-refractivity contribution in [1.82, 2.24) is 15.0 Å². The Morgan fingerprint density at radius 3 is 2.59 bits per heavy atom. The highest BCUT2D eigenvalue weighted by Gasteiger charge is 2.14. The van der Waals surface area contributed by atoms with Crippen LogP contribution < -0.4 is 0 Å². The Morgan fingerprint density at radius 2 is 1.83 bits per heavy atom. The number of hydrogen-bond acceptors (Lipinski definition) is 5. The number of carbonyl (C=O) groups is 1. The van der Waals surface area contributed by atoms with Crippen molar-refractivity contribution in [2.75, 3.05) is 7.11 Å². The van der Waals surface area contributed by atoms with Crippen molar-refractivity contribution in [3.8, 4) is 22.6 Å². The van der Waals surface area contributed by atoms with E-state index < -0.39 is 0 Å². The summed E-state index contributed by atoms with van der Waals surface area (Å²) in [5, 5.41) is 20.3. The molecule has 0 saturated carbocycles. The van der Waals surface area contributed by atoms with Crippen LogP contribution >= 0.6 is 11.6 Å². The summed E-state index contributed by atoms with van der Waals surface area (Å²) in [4.78, 5) is 12.7.